The number of anilines is 1. The lowest BCUT2D eigenvalue weighted by Crippen LogP contribution is -2.10. The standard InChI is InChI=1S/C15H21N3O/c1-11(2)13-10-14(16)12(3)9-15(13)19-8-7-18-6-4-5-17-18/h4-6,9-11H,7-8,16H2,1-3H3. The second-order valence-electron chi connectivity index (χ2n) is 5.02. The average molecular weight is 259 g/mol. The molecule has 1 heterocycles. The summed E-state index contributed by atoms with van der Waals surface area (Å²) in [5.41, 5.74) is 9.00. The molecule has 1 aromatic heterocycles. The molecule has 4 nitrogen and oxygen atoms in total. The van der Waals surface area contributed by atoms with Gasteiger partial charge < -0.3 is 10.5 Å². The van der Waals surface area contributed by atoms with E-state index in [-0.39, 0.29) is 0 Å². The first-order valence-corrected chi connectivity index (χ1v) is 6.58. The molecule has 0 spiro atoms. The number of aryl methyl sites for hydroxylation is 1. The molecule has 0 saturated carbocycles. The number of aromatic nitrogens is 2. The summed E-state index contributed by atoms with van der Waals surface area (Å²) in [5.74, 6) is 1.32. The number of nitrogens with zero attached hydrogens (tertiary/aromatic N) is 2. The van der Waals surface area contributed by atoms with Gasteiger partial charge in [-0.2, -0.15) is 5.10 Å². The first-order valence-electron chi connectivity index (χ1n) is 6.58. The van der Waals surface area contributed by atoms with E-state index in [4.69, 9.17) is 10.5 Å². The van der Waals surface area contributed by atoms with Crippen molar-refractivity contribution in [2.24, 2.45) is 0 Å². The summed E-state index contributed by atoms with van der Waals surface area (Å²) in [6, 6.07) is 5.95. The Kier molecular flexibility index (Phi) is 4.10. The van der Waals surface area contributed by atoms with E-state index >= 15 is 0 Å². The molecule has 102 valence electrons. The molecule has 0 saturated heterocycles. The van der Waals surface area contributed by atoms with E-state index in [9.17, 15) is 0 Å². The number of hydrogen-bond acceptors (Lipinski definition) is 3. The van der Waals surface area contributed by atoms with E-state index < -0.39 is 0 Å². The average Bonchev–Trinajstić information content (AvgIpc) is 2.86. The molecule has 0 aliphatic rings. The topological polar surface area (TPSA) is 53.1 Å². The van der Waals surface area contributed by atoms with Crippen LogP contribution in [0.5, 0.6) is 5.75 Å². The molecule has 0 unspecified atom stereocenters. The predicted molar refractivity (Wildman–Crippen MR) is 77.4 cm³/mol. The summed E-state index contributed by atoms with van der Waals surface area (Å²) < 4.78 is 7.75. The molecule has 4 heteroatoms. The molecule has 0 aliphatic heterocycles. The highest BCUT2D eigenvalue weighted by Gasteiger charge is 2.10. The number of hydrogen-bond donors (Lipinski definition) is 1. The first-order chi connectivity index (χ1) is 9.08. The van der Waals surface area contributed by atoms with Gasteiger partial charge in [0.1, 0.15) is 12.4 Å². The maximum Gasteiger partial charge on any atom is 0.123 e. The lowest BCUT2D eigenvalue weighted by Gasteiger charge is -2.16. The van der Waals surface area contributed by atoms with E-state index in [0.717, 1.165) is 29.1 Å². The van der Waals surface area contributed by atoms with Crippen LogP contribution in [-0.2, 0) is 6.54 Å². The normalized spacial score (nSPS) is 10.9. The zero-order chi connectivity index (χ0) is 13.8. The molecular weight excluding hydrogens is 238 g/mol. The molecule has 2 rings (SSSR count). The minimum absolute atomic E-state index is 0.391. The minimum Gasteiger partial charge on any atom is -0.491 e. The zero-order valence-electron chi connectivity index (χ0n) is 11.8. The monoisotopic (exact) mass is 259 g/mol. The fourth-order valence-electron chi connectivity index (χ4n) is 1.97. The Hall–Kier alpha value is -1.97. The summed E-state index contributed by atoms with van der Waals surface area (Å²) in [5, 5.41) is 4.15. The fraction of sp³-hybridized carbons (Fsp3) is 0.400. The quantitative estimate of drug-likeness (QED) is 0.840. The Labute approximate surface area is 114 Å². The number of nitrogen functional groups attached to an aromatic ring is 1. The Morgan fingerprint density at radius 3 is 2.79 bits per heavy atom. The van der Waals surface area contributed by atoms with Crippen LogP contribution in [-0.4, -0.2) is 16.4 Å². The van der Waals surface area contributed by atoms with Crippen molar-refractivity contribution in [3.05, 3.63) is 41.7 Å². The Balaban J connectivity index is 2.08. The largest absolute Gasteiger partial charge is 0.491 e. The van der Waals surface area contributed by atoms with E-state index in [2.05, 4.69) is 18.9 Å². The molecule has 0 radical (unpaired) electrons. The predicted octanol–water partition coefficient (Wildman–Crippen LogP) is 2.98. The molecule has 0 fully saturated rings. The van der Waals surface area contributed by atoms with Gasteiger partial charge in [0.15, 0.2) is 0 Å². The van der Waals surface area contributed by atoms with Crippen LogP contribution in [0.25, 0.3) is 0 Å². The molecule has 0 aliphatic carbocycles. The highest BCUT2D eigenvalue weighted by molar-refractivity contribution is 5.55. The van der Waals surface area contributed by atoms with Crippen LogP contribution in [0, 0.1) is 6.92 Å². The maximum absolute atomic E-state index is 5.96. The van der Waals surface area contributed by atoms with Gasteiger partial charge in [-0.25, -0.2) is 0 Å². The zero-order valence-corrected chi connectivity index (χ0v) is 11.8. The van der Waals surface area contributed by atoms with Crippen molar-refractivity contribution in [3.8, 4) is 5.75 Å². The van der Waals surface area contributed by atoms with Gasteiger partial charge in [-0.15, -0.1) is 0 Å². The Morgan fingerprint density at radius 2 is 2.16 bits per heavy atom. The van der Waals surface area contributed by atoms with Crippen LogP contribution >= 0.6 is 0 Å². The smallest absolute Gasteiger partial charge is 0.123 e. The second kappa shape index (κ2) is 5.78. The van der Waals surface area contributed by atoms with Crippen molar-refractivity contribution in [2.75, 3.05) is 12.3 Å². The summed E-state index contributed by atoms with van der Waals surface area (Å²) in [6.07, 6.45) is 3.70. The van der Waals surface area contributed by atoms with Gasteiger partial charge in [0.25, 0.3) is 0 Å². The second-order valence-corrected chi connectivity index (χ2v) is 5.02. The first kappa shape index (κ1) is 13.5. The van der Waals surface area contributed by atoms with Gasteiger partial charge in [-0.1, -0.05) is 13.8 Å². The van der Waals surface area contributed by atoms with E-state index in [1.54, 1.807) is 6.20 Å². The van der Waals surface area contributed by atoms with Crippen molar-refractivity contribution in [3.63, 3.8) is 0 Å². The number of rotatable bonds is 5. The van der Waals surface area contributed by atoms with E-state index in [1.807, 2.05) is 36.0 Å². The fourth-order valence-corrected chi connectivity index (χ4v) is 1.97. The van der Waals surface area contributed by atoms with Crippen LogP contribution in [0.1, 0.15) is 30.9 Å². The third-order valence-electron chi connectivity index (χ3n) is 3.16. The lowest BCUT2D eigenvalue weighted by atomic mass is 9.99. The highest BCUT2D eigenvalue weighted by atomic mass is 16.5. The molecule has 0 amide bonds. The van der Waals surface area contributed by atoms with Crippen molar-refractivity contribution in [1.82, 2.24) is 9.78 Å². The number of benzene rings is 1. The molecular formula is C15H21N3O. The summed E-state index contributed by atoms with van der Waals surface area (Å²) in [6.45, 7) is 7.63. The van der Waals surface area contributed by atoms with Gasteiger partial charge in [-0.05, 0) is 42.2 Å². The molecule has 0 bridgehead atoms. The van der Waals surface area contributed by atoms with Gasteiger partial charge >= 0.3 is 0 Å². The number of nitrogens with two attached hydrogens (primary N) is 1. The van der Waals surface area contributed by atoms with Crippen molar-refractivity contribution >= 4 is 5.69 Å². The SMILES string of the molecule is Cc1cc(OCCn2cccn2)c(C(C)C)cc1N. The van der Waals surface area contributed by atoms with Crippen LogP contribution in [0.4, 0.5) is 5.69 Å². The molecule has 2 aromatic rings. The van der Waals surface area contributed by atoms with Gasteiger partial charge in [-0.3, -0.25) is 4.68 Å². The summed E-state index contributed by atoms with van der Waals surface area (Å²) >= 11 is 0. The lowest BCUT2D eigenvalue weighted by molar-refractivity contribution is 0.287. The van der Waals surface area contributed by atoms with Gasteiger partial charge in [0.05, 0.1) is 6.54 Å². The molecule has 0 atom stereocenters. The molecule has 1 aromatic carbocycles. The van der Waals surface area contributed by atoms with Crippen LogP contribution in [0.15, 0.2) is 30.6 Å². The Morgan fingerprint density at radius 1 is 1.37 bits per heavy atom. The van der Waals surface area contributed by atoms with E-state index in [0.29, 0.717) is 12.5 Å². The van der Waals surface area contributed by atoms with Crippen molar-refractivity contribution in [2.45, 2.75) is 33.2 Å². The van der Waals surface area contributed by atoms with Crippen LogP contribution in [0.3, 0.4) is 0 Å². The van der Waals surface area contributed by atoms with Crippen LogP contribution in [0.2, 0.25) is 0 Å². The summed E-state index contributed by atoms with van der Waals surface area (Å²) in [4.78, 5) is 0. The Bertz CT molecular complexity index is 533. The third-order valence-corrected chi connectivity index (χ3v) is 3.16. The van der Waals surface area contributed by atoms with Crippen molar-refractivity contribution < 1.29 is 4.74 Å². The third kappa shape index (κ3) is 3.28. The maximum atomic E-state index is 5.96. The van der Waals surface area contributed by atoms with Gasteiger partial charge in [0.2, 0.25) is 0 Å². The van der Waals surface area contributed by atoms with Crippen LogP contribution < -0.4 is 10.5 Å². The van der Waals surface area contributed by atoms with E-state index in [1.165, 1.54) is 0 Å². The molecule has 19 heavy (non-hydrogen) atoms. The molecule has 2 N–H and O–H groups in total. The van der Waals surface area contributed by atoms with Gasteiger partial charge in [0, 0.05) is 18.1 Å². The minimum atomic E-state index is 0.391. The number of ether oxygens (including phenoxy) is 1. The summed E-state index contributed by atoms with van der Waals surface area (Å²) in [7, 11) is 0. The van der Waals surface area contributed by atoms with Crippen molar-refractivity contribution in [1.29, 1.82) is 0 Å². The highest BCUT2D eigenvalue weighted by Crippen LogP contribution is 2.30.